The minimum Gasteiger partial charge on any atom is -0.394 e. The summed E-state index contributed by atoms with van der Waals surface area (Å²) in [6, 6.07) is 1.39. The summed E-state index contributed by atoms with van der Waals surface area (Å²) in [7, 11) is 1.94. The Kier molecular flexibility index (Phi) is 2.50. The lowest BCUT2D eigenvalue weighted by atomic mass is 10.2. The second-order valence-corrected chi connectivity index (χ2v) is 5.33. The molecule has 2 heterocycles. The van der Waals surface area contributed by atoms with E-state index in [-0.39, 0.29) is 0 Å². The molecule has 0 amide bonds. The van der Waals surface area contributed by atoms with Crippen molar-refractivity contribution >= 4 is 11.5 Å². The molecule has 1 aliphatic carbocycles. The van der Waals surface area contributed by atoms with E-state index in [1.807, 2.05) is 18.7 Å². The number of nitrogens with one attached hydrogen (secondary N) is 1. The average molecular weight is 235 g/mol. The van der Waals surface area contributed by atoms with Crippen molar-refractivity contribution in [3.05, 3.63) is 5.69 Å². The highest BCUT2D eigenvalue weighted by Gasteiger charge is 2.34. The first-order chi connectivity index (χ1) is 8.15. The molecular weight excluding hydrogens is 214 g/mol. The molecule has 5 heteroatoms. The zero-order valence-electron chi connectivity index (χ0n) is 10.6. The first kappa shape index (κ1) is 10.9. The first-order valence-corrected chi connectivity index (χ1v) is 6.45. The summed E-state index contributed by atoms with van der Waals surface area (Å²) in [5.74, 6) is 0.977. The van der Waals surface area contributed by atoms with Gasteiger partial charge in [0.1, 0.15) is 5.82 Å². The lowest BCUT2D eigenvalue weighted by Gasteiger charge is -2.17. The number of rotatable bonds is 3. The van der Waals surface area contributed by atoms with Gasteiger partial charge in [0.25, 0.3) is 0 Å². The molecule has 1 saturated carbocycles. The van der Waals surface area contributed by atoms with Gasteiger partial charge < -0.3 is 11.1 Å². The van der Waals surface area contributed by atoms with Gasteiger partial charge in [0, 0.05) is 32.2 Å². The fourth-order valence-electron chi connectivity index (χ4n) is 2.72. The van der Waals surface area contributed by atoms with Crippen LogP contribution in [0.15, 0.2) is 0 Å². The molecule has 1 saturated heterocycles. The third-order valence-electron chi connectivity index (χ3n) is 3.89. The minimum atomic E-state index is 0.521. The van der Waals surface area contributed by atoms with Crippen molar-refractivity contribution in [3.63, 3.8) is 0 Å². The lowest BCUT2D eigenvalue weighted by Crippen LogP contribution is -2.28. The molecule has 5 nitrogen and oxygen atoms in total. The molecule has 2 fully saturated rings. The van der Waals surface area contributed by atoms with Gasteiger partial charge in [-0.15, -0.1) is 0 Å². The maximum atomic E-state index is 6.03. The Morgan fingerprint density at radius 1 is 1.35 bits per heavy atom. The summed E-state index contributed by atoms with van der Waals surface area (Å²) < 4.78 is 1.85. The molecule has 3 N–H and O–H groups in total. The summed E-state index contributed by atoms with van der Waals surface area (Å²) in [5.41, 5.74) is 7.73. The van der Waals surface area contributed by atoms with Gasteiger partial charge in [-0.3, -0.25) is 9.58 Å². The highest BCUT2D eigenvalue weighted by molar-refractivity contribution is 5.65. The number of anilines is 2. The van der Waals surface area contributed by atoms with Gasteiger partial charge >= 0.3 is 0 Å². The zero-order valence-corrected chi connectivity index (χ0v) is 10.6. The molecule has 1 aliphatic heterocycles. The van der Waals surface area contributed by atoms with E-state index in [4.69, 9.17) is 5.73 Å². The van der Waals surface area contributed by atoms with Crippen LogP contribution in [-0.4, -0.2) is 39.9 Å². The Labute approximate surface area is 102 Å². The predicted octanol–water partition coefficient (Wildman–Crippen LogP) is 0.959. The lowest BCUT2D eigenvalue weighted by molar-refractivity contribution is 0.326. The van der Waals surface area contributed by atoms with E-state index >= 15 is 0 Å². The molecule has 94 valence electrons. The number of likely N-dealkylation sites (tertiary alicyclic amines) is 1. The summed E-state index contributed by atoms with van der Waals surface area (Å²) in [5, 5.41) is 7.88. The number of aromatic nitrogens is 2. The van der Waals surface area contributed by atoms with Gasteiger partial charge in [-0.05, 0) is 26.2 Å². The van der Waals surface area contributed by atoms with E-state index in [1.54, 1.807) is 0 Å². The zero-order chi connectivity index (χ0) is 12.0. The summed E-state index contributed by atoms with van der Waals surface area (Å²) in [6.07, 6.45) is 3.99. The molecule has 0 radical (unpaired) electrons. The monoisotopic (exact) mass is 235 g/mol. The van der Waals surface area contributed by atoms with Gasteiger partial charge in [-0.2, -0.15) is 5.10 Å². The van der Waals surface area contributed by atoms with Crippen LogP contribution in [0.4, 0.5) is 11.5 Å². The van der Waals surface area contributed by atoms with Crippen LogP contribution in [0.25, 0.3) is 0 Å². The molecule has 1 unspecified atom stereocenters. The van der Waals surface area contributed by atoms with E-state index in [9.17, 15) is 0 Å². The molecule has 0 aromatic carbocycles. The van der Waals surface area contributed by atoms with Crippen molar-refractivity contribution < 1.29 is 0 Å². The maximum absolute atomic E-state index is 6.03. The van der Waals surface area contributed by atoms with Gasteiger partial charge in [-0.25, -0.2) is 0 Å². The van der Waals surface area contributed by atoms with E-state index in [0.29, 0.717) is 6.04 Å². The standard InChI is InChI=1S/C12H21N5/c1-8-11(13)12(16(2)15-8)14-9-5-6-17(7-9)10-3-4-10/h9-10,14H,3-7,13H2,1-2H3. The third kappa shape index (κ3) is 1.99. The smallest absolute Gasteiger partial charge is 0.148 e. The van der Waals surface area contributed by atoms with Crippen LogP contribution in [0.3, 0.4) is 0 Å². The van der Waals surface area contributed by atoms with Crippen LogP contribution in [0, 0.1) is 6.92 Å². The fourth-order valence-corrected chi connectivity index (χ4v) is 2.72. The Morgan fingerprint density at radius 3 is 2.71 bits per heavy atom. The molecule has 17 heavy (non-hydrogen) atoms. The first-order valence-electron chi connectivity index (χ1n) is 6.45. The Morgan fingerprint density at radius 2 is 2.12 bits per heavy atom. The Bertz CT molecular complexity index is 421. The Hall–Kier alpha value is -1.23. The molecular formula is C12H21N5. The molecule has 3 rings (SSSR count). The van der Waals surface area contributed by atoms with Crippen LogP contribution in [-0.2, 0) is 7.05 Å². The van der Waals surface area contributed by atoms with Crippen molar-refractivity contribution in [2.24, 2.45) is 7.05 Å². The van der Waals surface area contributed by atoms with Gasteiger partial charge in [0.2, 0.25) is 0 Å². The minimum absolute atomic E-state index is 0.521. The van der Waals surface area contributed by atoms with Crippen molar-refractivity contribution in [1.82, 2.24) is 14.7 Å². The van der Waals surface area contributed by atoms with Crippen LogP contribution in [0.1, 0.15) is 25.0 Å². The Balaban J connectivity index is 1.66. The third-order valence-corrected chi connectivity index (χ3v) is 3.89. The second kappa shape index (κ2) is 3.91. The van der Waals surface area contributed by atoms with Crippen molar-refractivity contribution in [2.45, 2.75) is 38.3 Å². The second-order valence-electron chi connectivity index (χ2n) is 5.33. The van der Waals surface area contributed by atoms with Crippen molar-refractivity contribution in [3.8, 4) is 0 Å². The van der Waals surface area contributed by atoms with Crippen LogP contribution in [0.2, 0.25) is 0 Å². The van der Waals surface area contributed by atoms with E-state index < -0.39 is 0 Å². The van der Waals surface area contributed by atoms with Crippen molar-refractivity contribution in [2.75, 3.05) is 24.1 Å². The normalized spacial score (nSPS) is 25.4. The maximum Gasteiger partial charge on any atom is 0.148 e. The van der Waals surface area contributed by atoms with Gasteiger partial charge in [0.15, 0.2) is 0 Å². The van der Waals surface area contributed by atoms with Crippen LogP contribution < -0.4 is 11.1 Å². The SMILES string of the molecule is Cc1nn(C)c(NC2CCN(C3CC3)C2)c1N. The largest absolute Gasteiger partial charge is 0.394 e. The van der Waals surface area contributed by atoms with E-state index in [2.05, 4.69) is 15.3 Å². The number of hydrogen-bond acceptors (Lipinski definition) is 4. The summed E-state index contributed by atoms with van der Waals surface area (Å²) >= 11 is 0. The number of nitrogens with zero attached hydrogens (tertiary/aromatic N) is 3. The number of aryl methyl sites for hydroxylation is 2. The van der Waals surface area contributed by atoms with Crippen LogP contribution in [0.5, 0.6) is 0 Å². The molecule has 1 atom stereocenters. The predicted molar refractivity (Wildman–Crippen MR) is 69.0 cm³/mol. The summed E-state index contributed by atoms with van der Waals surface area (Å²) in [6.45, 7) is 4.32. The topological polar surface area (TPSA) is 59.1 Å². The number of hydrogen-bond donors (Lipinski definition) is 2. The number of nitrogens with two attached hydrogens (primary N) is 1. The number of nitrogen functional groups attached to an aromatic ring is 1. The van der Waals surface area contributed by atoms with Gasteiger partial charge in [0.05, 0.1) is 11.4 Å². The van der Waals surface area contributed by atoms with Crippen molar-refractivity contribution in [1.29, 1.82) is 0 Å². The highest BCUT2D eigenvalue weighted by atomic mass is 15.3. The fraction of sp³-hybridized carbons (Fsp3) is 0.750. The molecule has 1 aromatic rings. The molecule has 0 bridgehead atoms. The van der Waals surface area contributed by atoms with Gasteiger partial charge in [-0.1, -0.05) is 0 Å². The quantitative estimate of drug-likeness (QED) is 0.819. The molecule has 2 aliphatic rings. The summed E-state index contributed by atoms with van der Waals surface area (Å²) in [4.78, 5) is 2.59. The van der Waals surface area contributed by atoms with E-state index in [1.165, 1.54) is 25.8 Å². The molecule has 1 aromatic heterocycles. The van der Waals surface area contributed by atoms with Crippen LogP contribution >= 0.6 is 0 Å². The molecule has 0 spiro atoms. The van der Waals surface area contributed by atoms with E-state index in [0.717, 1.165) is 29.8 Å². The highest BCUT2D eigenvalue weighted by Crippen LogP contribution is 2.31. The average Bonchev–Trinajstić information content (AvgIpc) is 3.00.